The Labute approximate surface area is 360 Å². The largest absolute Gasteiger partial charge is 0.309 e. The molecule has 0 aliphatic heterocycles. The van der Waals surface area contributed by atoms with Crippen LogP contribution in [0.3, 0.4) is 0 Å². The Morgan fingerprint density at radius 1 is 0.279 bits per heavy atom. The van der Waals surface area contributed by atoms with Gasteiger partial charge >= 0.3 is 0 Å². The van der Waals surface area contributed by atoms with Gasteiger partial charge in [-0.25, -0.2) is 0 Å². The van der Waals surface area contributed by atoms with E-state index in [1.165, 1.54) is 89.0 Å². The van der Waals surface area contributed by atoms with Gasteiger partial charge in [-0.2, -0.15) is 0 Å². The van der Waals surface area contributed by atoms with Crippen molar-refractivity contribution in [3.8, 4) is 66.8 Å². The first-order chi connectivity index (χ1) is 29.8. The Hall–Kier alpha value is -7.22. The minimum atomic E-state index is -0.160. The zero-order valence-corrected chi connectivity index (χ0v) is 35.2. The predicted octanol–water partition coefficient (Wildman–Crippen LogP) is 16.4. The van der Waals surface area contributed by atoms with Crippen LogP contribution in [-0.2, 0) is 10.8 Å². The topological polar surface area (TPSA) is 3.24 Å². The van der Waals surface area contributed by atoms with Crippen LogP contribution in [0.5, 0.6) is 0 Å². The molecular weight excluding hydrogens is 735 g/mol. The lowest BCUT2D eigenvalue weighted by atomic mass is 9.78. The smallest absolute Gasteiger partial charge is 0.0540 e. The molecule has 0 radical (unpaired) electrons. The van der Waals surface area contributed by atoms with Crippen LogP contribution < -0.4 is 4.90 Å². The molecular formula is C60H47N. The van der Waals surface area contributed by atoms with E-state index in [4.69, 9.17) is 0 Å². The van der Waals surface area contributed by atoms with Gasteiger partial charge in [0.05, 0.1) is 11.4 Å². The monoisotopic (exact) mass is 781 g/mol. The number of nitrogens with zero attached hydrogens (tertiary/aromatic N) is 1. The van der Waals surface area contributed by atoms with Crippen LogP contribution in [-0.4, -0.2) is 0 Å². The van der Waals surface area contributed by atoms with Crippen molar-refractivity contribution in [1.82, 2.24) is 0 Å². The highest BCUT2D eigenvalue weighted by molar-refractivity contribution is 5.97. The van der Waals surface area contributed by atoms with E-state index < -0.39 is 0 Å². The average molecular weight is 782 g/mol. The number of hydrogen-bond donors (Lipinski definition) is 0. The standard InChI is InChI=1S/C60H47N/c1-59(2)53-25-12-8-20-47(53)49-38-35-44(39-55(49)59)42-33-36-45(37-34-42)61(56-27-14-10-19-46(56)43-31-29-41(30-32-43)40-17-6-5-7-18-40)57-28-15-11-22-50(57)52-24-16-23-51-48-21-9-13-26-54(48)60(3,4)58(51)52/h5-39H,1-4H3. The molecule has 0 unspecified atom stereocenters. The minimum Gasteiger partial charge on any atom is -0.309 e. The van der Waals surface area contributed by atoms with Crippen LogP contribution in [0.25, 0.3) is 66.8 Å². The van der Waals surface area contributed by atoms with Crippen molar-refractivity contribution in [2.75, 3.05) is 4.90 Å². The summed E-state index contributed by atoms with van der Waals surface area (Å²) in [6.07, 6.45) is 0. The van der Waals surface area contributed by atoms with Gasteiger partial charge in [0.25, 0.3) is 0 Å². The zero-order valence-electron chi connectivity index (χ0n) is 35.2. The zero-order chi connectivity index (χ0) is 41.3. The van der Waals surface area contributed by atoms with Gasteiger partial charge in [0.15, 0.2) is 0 Å². The van der Waals surface area contributed by atoms with Gasteiger partial charge in [-0.05, 0) is 108 Å². The van der Waals surface area contributed by atoms with Crippen LogP contribution in [0.4, 0.5) is 17.1 Å². The second-order valence-corrected chi connectivity index (χ2v) is 17.7. The second kappa shape index (κ2) is 14.2. The van der Waals surface area contributed by atoms with Crippen LogP contribution in [0.15, 0.2) is 212 Å². The van der Waals surface area contributed by atoms with E-state index in [9.17, 15) is 0 Å². The molecule has 292 valence electrons. The van der Waals surface area contributed by atoms with Crippen molar-refractivity contribution in [2.45, 2.75) is 38.5 Å². The summed E-state index contributed by atoms with van der Waals surface area (Å²) in [7, 11) is 0. The van der Waals surface area contributed by atoms with E-state index in [-0.39, 0.29) is 10.8 Å². The molecule has 1 heteroatoms. The molecule has 0 N–H and O–H groups in total. The Bertz CT molecular complexity index is 3110. The van der Waals surface area contributed by atoms with Gasteiger partial charge in [0, 0.05) is 27.6 Å². The third kappa shape index (κ3) is 5.91. The summed E-state index contributed by atoms with van der Waals surface area (Å²) in [5.41, 5.74) is 23.7. The predicted molar refractivity (Wildman–Crippen MR) is 258 cm³/mol. The molecule has 0 fully saturated rings. The highest BCUT2D eigenvalue weighted by atomic mass is 15.1. The molecule has 61 heavy (non-hydrogen) atoms. The number of fused-ring (bicyclic) bond motifs is 6. The Balaban J connectivity index is 1.07. The van der Waals surface area contributed by atoms with E-state index in [1.54, 1.807) is 0 Å². The Kier molecular flexibility index (Phi) is 8.58. The molecule has 0 spiro atoms. The Morgan fingerprint density at radius 3 is 1.39 bits per heavy atom. The van der Waals surface area contributed by atoms with Gasteiger partial charge in [-0.3, -0.25) is 0 Å². The number of benzene rings is 9. The van der Waals surface area contributed by atoms with Gasteiger partial charge in [-0.15, -0.1) is 0 Å². The molecule has 9 aromatic rings. The molecule has 2 aliphatic rings. The van der Waals surface area contributed by atoms with Crippen molar-refractivity contribution in [3.05, 3.63) is 235 Å². The molecule has 0 saturated carbocycles. The SMILES string of the molecule is CC1(C)c2ccccc2-c2ccc(-c3ccc(N(c4ccccc4-c4ccc(-c5ccccc5)cc4)c4ccccc4-c4cccc5c4C(C)(C)c4ccccc4-5)cc3)cc21. The van der Waals surface area contributed by atoms with Crippen LogP contribution >= 0.6 is 0 Å². The van der Waals surface area contributed by atoms with Crippen molar-refractivity contribution >= 4 is 17.1 Å². The van der Waals surface area contributed by atoms with E-state index in [0.29, 0.717) is 0 Å². The number of para-hydroxylation sites is 2. The summed E-state index contributed by atoms with van der Waals surface area (Å²) < 4.78 is 0. The van der Waals surface area contributed by atoms with E-state index >= 15 is 0 Å². The van der Waals surface area contributed by atoms with Gasteiger partial charge in [-0.1, -0.05) is 210 Å². The lowest BCUT2D eigenvalue weighted by molar-refractivity contribution is 0.660. The third-order valence-corrected chi connectivity index (χ3v) is 13.5. The number of anilines is 3. The van der Waals surface area contributed by atoms with E-state index in [1.807, 2.05) is 0 Å². The summed E-state index contributed by atoms with van der Waals surface area (Å²) in [6.45, 7) is 9.48. The first kappa shape index (κ1) is 36.8. The summed E-state index contributed by atoms with van der Waals surface area (Å²) >= 11 is 0. The first-order valence-corrected chi connectivity index (χ1v) is 21.5. The summed E-state index contributed by atoms with van der Waals surface area (Å²) in [4.78, 5) is 2.48. The number of rotatable bonds is 7. The minimum absolute atomic E-state index is 0.0566. The average Bonchev–Trinajstić information content (AvgIpc) is 3.69. The molecule has 9 aromatic carbocycles. The van der Waals surface area contributed by atoms with Gasteiger partial charge in [0.2, 0.25) is 0 Å². The molecule has 2 aliphatic carbocycles. The second-order valence-electron chi connectivity index (χ2n) is 17.7. The van der Waals surface area contributed by atoms with Gasteiger partial charge in [0.1, 0.15) is 0 Å². The maximum absolute atomic E-state index is 2.48. The van der Waals surface area contributed by atoms with Gasteiger partial charge < -0.3 is 4.90 Å². The van der Waals surface area contributed by atoms with Crippen LogP contribution in [0, 0.1) is 0 Å². The van der Waals surface area contributed by atoms with E-state index in [0.717, 1.165) is 17.1 Å². The maximum Gasteiger partial charge on any atom is 0.0540 e. The van der Waals surface area contributed by atoms with Crippen molar-refractivity contribution in [1.29, 1.82) is 0 Å². The lowest BCUT2D eigenvalue weighted by Crippen LogP contribution is -2.17. The third-order valence-electron chi connectivity index (χ3n) is 13.5. The maximum atomic E-state index is 2.48. The lowest BCUT2D eigenvalue weighted by Gasteiger charge is -2.31. The fourth-order valence-corrected chi connectivity index (χ4v) is 10.4. The molecule has 1 nitrogen and oxygen atoms in total. The van der Waals surface area contributed by atoms with Crippen molar-refractivity contribution in [2.24, 2.45) is 0 Å². The summed E-state index contributed by atoms with van der Waals surface area (Å²) in [5, 5.41) is 0. The molecule has 0 heterocycles. The fraction of sp³-hybridized carbons (Fsp3) is 0.100. The highest BCUT2D eigenvalue weighted by Gasteiger charge is 2.38. The number of hydrogen-bond acceptors (Lipinski definition) is 1. The first-order valence-electron chi connectivity index (χ1n) is 21.5. The molecule has 0 bridgehead atoms. The molecule has 0 saturated heterocycles. The highest BCUT2D eigenvalue weighted by Crippen LogP contribution is 2.55. The van der Waals surface area contributed by atoms with Crippen molar-refractivity contribution in [3.63, 3.8) is 0 Å². The molecule has 0 amide bonds. The molecule has 11 rings (SSSR count). The van der Waals surface area contributed by atoms with Crippen molar-refractivity contribution < 1.29 is 0 Å². The quantitative estimate of drug-likeness (QED) is 0.156. The van der Waals surface area contributed by atoms with E-state index in [2.05, 4.69) is 245 Å². The summed E-state index contributed by atoms with van der Waals surface area (Å²) in [5.74, 6) is 0. The summed E-state index contributed by atoms with van der Waals surface area (Å²) in [6, 6.07) is 78.5. The van der Waals surface area contributed by atoms with Crippen LogP contribution in [0.2, 0.25) is 0 Å². The van der Waals surface area contributed by atoms with Crippen LogP contribution in [0.1, 0.15) is 49.9 Å². The molecule has 0 aromatic heterocycles. The fourth-order valence-electron chi connectivity index (χ4n) is 10.4. The Morgan fingerprint density at radius 2 is 0.705 bits per heavy atom. The molecule has 0 atom stereocenters. The normalized spacial score (nSPS) is 13.8.